The molecule has 0 aromatic rings. The van der Waals surface area contributed by atoms with Crippen LogP contribution in [0.15, 0.2) is 0 Å². The molecule has 5 heteroatoms. The number of carbonyl (C=O) groups excluding carboxylic acids is 1. The summed E-state index contributed by atoms with van der Waals surface area (Å²) in [6.45, 7) is 7.66. The maximum Gasteiger partial charge on any atom is 0.302 e. The normalized spacial score (nSPS) is 54.2. The highest BCUT2D eigenvalue weighted by molar-refractivity contribution is 5.66. The van der Waals surface area contributed by atoms with Crippen LogP contribution in [0.25, 0.3) is 0 Å². The molecule has 4 aliphatic carbocycles. The Bertz CT molecular complexity index is 634. The summed E-state index contributed by atoms with van der Waals surface area (Å²) < 4.78 is 5.54. The van der Waals surface area contributed by atoms with Crippen LogP contribution in [0.2, 0.25) is 0 Å². The van der Waals surface area contributed by atoms with E-state index in [2.05, 4.69) is 13.8 Å². The smallest absolute Gasteiger partial charge is 0.302 e. The molecule has 0 unspecified atom stereocenters. The second kappa shape index (κ2) is 6.68. The molecule has 0 amide bonds. The van der Waals surface area contributed by atoms with Crippen LogP contribution in [-0.2, 0) is 9.53 Å². The summed E-state index contributed by atoms with van der Waals surface area (Å²) in [6, 6.07) is 0. The van der Waals surface area contributed by atoms with Crippen molar-refractivity contribution in [1.29, 1.82) is 0 Å². The van der Waals surface area contributed by atoms with Gasteiger partial charge in [0, 0.05) is 12.3 Å². The second-order valence-corrected chi connectivity index (χ2v) is 10.9. The zero-order chi connectivity index (χ0) is 20.5. The molecule has 4 fully saturated rings. The van der Waals surface area contributed by atoms with Crippen LogP contribution < -0.4 is 0 Å². The van der Waals surface area contributed by atoms with Gasteiger partial charge in [-0.2, -0.15) is 0 Å². The van der Waals surface area contributed by atoms with E-state index in [1.165, 1.54) is 6.92 Å². The van der Waals surface area contributed by atoms with Crippen molar-refractivity contribution in [1.82, 2.24) is 0 Å². The monoisotopic (exact) mass is 394 g/mol. The summed E-state index contributed by atoms with van der Waals surface area (Å²) in [5.41, 5.74) is -1.59. The number of hydrogen-bond donors (Lipinski definition) is 3. The van der Waals surface area contributed by atoms with Crippen LogP contribution in [0.3, 0.4) is 0 Å². The van der Waals surface area contributed by atoms with Gasteiger partial charge < -0.3 is 20.1 Å². The third-order valence-electron chi connectivity index (χ3n) is 9.88. The van der Waals surface area contributed by atoms with Crippen LogP contribution in [-0.4, -0.2) is 45.2 Å². The fourth-order valence-electron chi connectivity index (χ4n) is 8.37. The fraction of sp³-hybridized carbons (Fsp3) is 0.957. The molecule has 0 aromatic carbocycles. The topological polar surface area (TPSA) is 87.0 Å². The van der Waals surface area contributed by atoms with Gasteiger partial charge in [0.05, 0.1) is 12.2 Å². The molecular formula is C23H38O5. The zero-order valence-electron chi connectivity index (χ0n) is 17.9. The number of esters is 1. The maximum atomic E-state index is 11.4. The molecule has 0 aliphatic heterocycles. The molecule has 0 radical (unpaired) electrons. The van der Waals surface area contributed by atoms with Crippen molar-refractivity contribution in [2.24, 2.45) is 34.5 Å². The number of rotatable bonds is 2. The van der Waals surface area contributed by atoms with E-state index in [0.29, 0.717) is 24.2 Å². The van der Waals surface area contributed by atoms with Crippen molar-refractivity contribution in [2.75, 3.05) is 0 Å². The average molecular weight is 395 g/mol. The summed E-state index contributed by atoms with van der Waals surface area (Å²) in [5.74, 6) is 1.75. The van der Waals surface area contributed by atoms with E-state index in [1.807, 2.05) is 0 Å². The molecule has 160 valence electrons. The van der Waals surface area contributed by atoms with E-state index in [1.54, 1.807) is 6.92 Å². The third kappa shape index (κ3) is 2.65. The molecule has 0 aromatic heterocycles. The van der Waals surface area contributed by atoms with E-state index in [4.69, 9.17) is 4.74 Å². The van der Waals surface area contributed by atoms with E-state index >= 15 is 0 Å². The van der Waals surface area contributed by atoms with Crippen molar-refractivity contribution >= 4 is 5.97 Å². The first-order chi connectivity index (χ1) is 13.0. The number of aliphatic hydroxyl groups is 3. The van der Waals surface area contributed by atoms with Crippen molar-refractivity contribution in [3.05, 3.63) is 0 Å². The minimum absolute atomic E-state index is 0.0645. The summed E-state index contributed by atoms with van der Waals surface area (Å²) >= 11 is 0. The zero-order valence-corrected chi connectivity index (χ0v) is 17.9. The van der Waals surface area contributed by atoms with E-state index in [-0.39, 0.29) is 23.4 Å². The van der Waals surface area contributed by atoms with E-state index < -0.39 is 23.2 Å². The molecule has 0 heterocycles. The molecular weight excluding hydrogens is 356 g/mol. The van der Waals surface area contributed by atoms with Gasteiger partial charge in [-0.25, -0.2) is 0 Å². The standard InChI is InChI=1S/C23H38O5/c1-13(24)23(27)20(26)12-19-17-6-5-15-11-16(28-14(2)25)7-9-21(15,3)18(17)8-10-22(19,23)4/h13,15-20,24,26-27H,5-12H2,1-4H3/t13-,15+,16+,17-,18-,19+,20-,21+,22+,23-/m1/s1. The first-order valence-corrected chi connectivity index (χ1v) is 11.3. The number of hydrogen-bond acceptors (Lipinski definition) is 5. The fourth-order valence-corrected chi connectivity index (χ4v) is 8.37. The molecule has 0 bridgehead atoms. The van der Waals surface area contributed by atoms with Crippen molar-refractivity contribution < 1.29 is 24.9 Å². The highest BCUT2D eigenvalue weighted by Crippen LogP contribution is 2.68. The Balaban J connectivity index is 1.58. The van der Waals surface area contributed by atoms with Crippen LogP contribution in [0, 0.1) is 34.5 Å². The van der Waals surface area contributed by atoms with Crippen LogP contribution in [0.5, 0.6) is 0 Å². The van der Waals surface area contributed by atoms with Crippen LogP contribution >= 0.6 is 0 Å². The molecule has 4 saturated carbocycles. The Kier molecular flexibility index (Phi) is 4.92. The Morgan fingerprint density at radius 1 is 1.07 bits per heavy atom. The molecule has 0 spiro atoms. The van der Waals surface area contributed by atoms with Crippen molar-refractivity contribution in [2.45, 2.75) is 103 Å². The van der Waals surface area contributed by atoms with Gasteiger partial charge in [-0.1, -0.05) is 13.8 Å². The minimum Gasteiger partial charge on any atom is -0.463 e. The lowest BCUT2D eigenvalue weighted by molar-refractivity contribution is -0.209. The largest absolute Gasteiger partial charge is 0.463 e. The van der Waals surface area contributed by atoms with Gasteiger partial charge in [-0.05, 0) is 87.4 Å². The predicted molar refractivity (Wildman–Crippen MR) is 105 cm³/mol. The Labute approximate surface area is 168 Å². The predicted octanol–water partition coefficient (Wildman–Crippen LogP) is 3.04. The minimum atomic E-state index is -1.41. The Morgan fingerprint density at radius 3 is 2.43 bits per heavy atom. The lowest BCUT2D eigenvalue weighted by Crippen LogP contribution is -2.61. The average Bonchev–Trinajstić information content (AvgIpc) is 2.83. The van der Waals surface area contributed by atoms with Gasteiger partial charge in [0.2, 0.25) is 0 Å². The second-order valence-electron chi connectivity index (χ2n) is 10.9. The summed E-state index contributed by atoms with van der Waals surface area (Å²) in [5, 5.41) is 32.5. The molecule has 0 saturated heterocycles. The first kappa shape index (κ1) is 20.6. The van der Waals surface area contributed by atoms with Gasteiger partial charge in [0.1, 0.15) is 11.7 Å². The summed E-state index contributed by atoms with van der Waals surface area (Å²) in [7, 11) is 0. The maximum absolute atomic E-state index is 11.4. The lowest BCUT2D eigenvalue weighted by Gasteiger charge is -2.61. The van der Waals surface area contributed by atoms with Gasteiger partial charge in [-0.15, -0.1) is 0 Å². The molecule has 4 rings (SSSR count). The SMILES string of the molecule is CC(=O)O[C@H]1CC[C@@]2(C)[C@@H](CC[C@@H]3[C@H]2CC[C@@]2(C)[C@H]3C[C@@H](O)[C@]2(O)[C@@H](C)O)C1. The number of fused-ring (bicyclic) bond motifs is 5. The molecule has 4 aliphatic rings. The number of carbonyl (C=O) groups is 1. The summed E-state index contributed by atoms with van der Waals surface area (Å²) in [6.07, 6.45) is 6.02. The summed E-state index contributed by atoms with van der Waals surface area (Å²) in [4.78, 5) is 11.4. The Morgan fingerprint density at radius 2 is 1.79 bits per heavy atom. The molecule has 28 heavy (non-hydrogen) atoms. The third-order valence-corrected chi connectivity index (χ3v) is 9.88. The van der Waals surface area contributed by atoms with Gasteiger partial charge in [0.15, 0.2) is 0 Å². The van der Waals surface area contributed by atoms with Crippen molar-refractivity contribution in [3.63, 3.8) is 0 Å². The number of ether oxygens (including phenoxy) is 1. The molecule has 10 atom stereocenters. The highest BCUT2D eigenvalue weighted by atomic mass is 16.5. The van der Waals surface area contributed by atoms with E-state index in [9.17, 15) is 20.1 Å². The van der Waals surface area contributed by atoms with E-state index in [0.717, 1.165) is 44.9 Å². The molecule has 5 nitrogen and oxygen atoms in total. The van der Waals surface area contributed by atoms with Gasteiger partial charge >= 0.3 is 5.97 Å². The highest BCUT2D eigenvalue weighted by Gasteiger charge is 2.69. The van der Waals surface area contributed by atoms with Crippen LogP contribution in [0.1, 0.15) is 79.1 Å². The Hall–Kier alpha value is -0.650. The van der Waals surface area contributed by atoms with Gasteiger partial charge in [0.25, 0.3) is 0 Å². The van der Waals surface area contributed by atoms with Gasteiger partial charge in [-0.3, -0.25) is 4.79 Å². The first-order valence-electron chi connectivity index (χ1n) is 11.3. The number of aliphatic hydroxyl groups excluding tert-OH is 2. The van der Waals surface area contributed by atoms with Crippen molar-refractivity contribution in [3.8, 4) is 0 Å². The molecule has 3 N–H and O–H groups in total. The quantitative estimate of drug-likeness (QED) is 0.627. The lowest BCUT2D eigenvalue weighted by atomic mass is 9.44. The van der Waals surface area contributed by atoms with Crippen LogP contribution in [0.4, 0.5) is 0 Å².